The summed E-state index contributed by atoms with van der Waals surface area (Å²) in [5, 5.41) is 0. The van der Waals surface area contributed by atoms with Crippen LogP contribution in [0.5, 0.6) is 0 Å². The number of hydrogen-bond donors (Lipinski definition) is 0. The van der Waals surface area contributed by atoms with Crippen LogP contribution in [0.25, 0.3) is 0 Å². The van der Waals surface area contributed by atoms with Gasteiger partial charge in [-0.2, -0.15) is 0 Å². The molecule has 0 saturated carbocycles. The molecule has 1 aromatic carbocycles. The molecule has 0 spiro atoms. The molecule has 0 N–H and O–H groups in total. The van der Waals surface area contributed by atoms with Gasteiger partial charge in [-0.3, -0.25) is 4.79 Å². The summed E-state index contributed by atoms with van der Waals surface area (Å²) in [5.41, 5.74) is 1.83. The van der Waals surface area contributed by atoms with E-state index in [0.29, 0.717) is 6.42 Å². The molecule has 0 aromatic heterocycles. The predicted molar refractivity (Wildman–Crippen MR) is 78.6 cm³/mol. The van der Waals surface area contributed by atoms with Gasteiger partial charge in [0.25, 0.3) is 0 Å². The molecule has 1 aliphatic carbocycles. The first-order valence-corrected chi connectivity index (χ1v) is 7.47. The standard InChI is InChI=1S/C17H21NO3/c1-11(19)8-9-15(20)18-16-13-7-5-4-6-12(13)10-14(16)21-17(18,2)3/h4-7,14,16H,8-10H2,1-3H3. The largest absolute Gasteiger partial charge is 0.350 e. The van der Waals surface area contributed by atoms with E-state index < -0.39 is 5.72 Å². The number of hydrogen-bond acceptors (Lipinski definition) is 3. The third-order valence-corrected chi connectivity index (χ3v) is 4.40. The normalized spacial score (nSPS) is 25.6. The topological polar surface area (TPSA) is 46.6 Å². The number of ether oxygens (including phenoxy) is 1. The van der Waals surface area contributed by atoms with E-state index in [2.05, 4.69) is 12.1 Å². The summed E-state index contributed by atoms with van der Waals surface area (Å²) in [4.78, 5) is 25.6. The highest BCUT2D eigenvalue weighted by atomic mass is 16.5. The first kappa shape index (κ1) is 14.3. The van der Waals surface area contributed by atoms with E-state index in [1.165, 1.54) is 18.1 Å². The average molecular weight is 287 g/mol. The van der Waals surface area contributed by atoms with Crippen molar-refractivity contribution in [1.29, 1.82) is 0 Å². The Labute approximate surface area is 125 Å². The Morgan fingerprint density at radius 2 is 2.00 bits per heavy atom. The lowest BCUT2D eigenvalue weighted by Gasteiger charge is -2.34. The van der Waals surface area contributed by atoms with E-state index in [0.717, 1.165) is 6.42 Å². The van der Waals surface area contributed by atoms with Gasteiger partial charge in [0.2, 0.25) is 5.91 Å². The average Bonchev–Trinajstić information content (AvgIpc) is 2.86. The van der Waals surface area contributed by atoms with Gasteiger partial charge in [0.05, 0.1) is 12.1 Å². The molecule has 112 valence electrons. The molecule has 21 heavy (non-hydrogen) atoms. The Balaban J connectivity index is 1.90. The lowest BCUT2D eigenvalue weighted by molar-refractivity contribution is -0.148. The Morgan fingerprint density at radius 3 is 2.71 bits per heavy atom. The van der Waals surface area contributed by atoms with Crippen molar-refractivity contribution in [3.8, 4) is 0 Å². The minimum atomic E-state index is -0.614. The van der Waals surface area contributed by atoms with Crippen LogP contribution in [0.2, 0.25) is 0 Å². The number of fused-ring (bicyclic) bond motifs is 3. The molecule has 2 atom stereocenters. The highest BCUT2D eigenvalue weighted by molar-refractivity contribution is 5.84. The van der Waals surface area contributed by atoms with Crippen LogP contribution in [-0.4, -0.2) is 28.4 Å². The van der Waals surface area contributed by atoms with Gasteiger partial charge >= 0.3 is 0 Å². The van der Waals surface area contributed by atoms with E-state index in [4.69, 9.17) is 4.74 Å². The summed E-state index contributed by atoms with van der Waals surface area (Å²) in [7, 11) is 0. The van der Waals surface area contributed by atoms with Crippen molar-refractivity contribution < 1.29 is 14.3 Å². The van der Waals surface area contributed by atoms with Crippen molar-refractivity contribution in [2.24, 2.45) is 0 Å². The molecule has 1 fully saturated rings. The van der Waals surface area contributed by atoms with Crippen LogP contribution in [0, 0.1) is 0 Å². The van der Waals surface area contributed by atoms with E-state index in [1.807, 2.05) is 30.9 Å². The van der Waals surface area contributed by atoms with Gasteiger partial charge in [-0.1, -0.05) is 24.3 Å². The van der Waals surface area contributed by atoms with Gasteiger partial charge in [0.15, 0.2) is 0 Å². The van der Waals surface area contributed by atoms with Gasteiger partial charge in [-0.25, -0.2) is 0 Å². The molecule has 1 amide bonds. The van der Waals surface area contributed by atoms with Gasteiger partial charge in [-0.05, 0) is 31.9 Å². The lowest BCUT2D eigenvalue weighted by atomic mass is 10.0. The summed E-state index contributed by atoms with van der Waals surface area (Å²) >= 11 is 0. The molecular formula is C17H21NO3. The number of nitrogens with zero attached hydrogens (tertiary/aromatic N) is 1. The lowest BCUT2D eigenvalue weighted by Crippen LogP contribution is -2.44. The highest BCUT2D eigenvalue weighted by Crippen LogP contribution is 2.48. The predicted octanol–water partition coefficient (Wildman–Crippen LogP) is 2.62. The first-order valence-electron chi connectivity index (χ1n) is 7.47. The molecule has 4 nitrogen and oxygen atoms in total. The molecule has 2 aliphatic rings. The maximum atomic E-state index is 12.6. The Kier molecular flexibility index (Phi) is 3.36. The van der Waals surface area contributed by atoms with Crippen molar-refractivity contribution in [1.82, 2.24) is 4.90 Å². The Hall–Kier alpha value is -1.68. The number of Topliss-reactive ketones (excluding diaryl/α,β-unsaturated/α-hetero) is 1. The van der Waals surface area contributed by atoms with E-state index in [1.54, 1.807) is 0 Å². The van der Waals surface area contributed by atoms with Crippen molar-refractivity contribution in [3.05, 3.63) is 35.4 Å². The molecule has 0 radical (unpaired) electrons. The molecule has 2 unspecified atom stereocenters. The number of rotatable bonds is 3. The second kappa shape index (κ2) is 4.95. The number of ketones is 1. The quantitative estimate of drug-likeness (QED) is 0.858. The fourth-order valence-electron chi connectivity index (χ4n) is 3.57. The molecule has 1 saturated heterocycles. The summed E-state index contributed by atoms with van der Waals surface area (Å²) < 4.78 is 6.12. The molecular weight excluding hydrogens is 266 g/mol. The second-order valence-corrected chi connectivity index (χ2v) is 6.42. The van der Waals surface area contributed by atoms with Gasteiger partial charge in [0, 0.05) is 19.3 Å². The number of carbonyl (C=O) groups excluding carboxylic acids is 2. The SMILES string of the molecule is CC(=O)CCC(=O)N1C2c3ccccc3CC2OC1(C)C. The van der Waals surface area contributed by atoms with Crippen LogP contribution in [0.1, 0.15) is 50.8 Å². The summed E-state index contributed by atoms with van der Waals surface area (Å²) in [6, 6.07) is 8.19. The number of benzene rings is 1. The Morgan fingerprint density at radius 1 is 1.29 bits per heavy atom. The smallest absolute Gasteiger partial charge is 0.225 e. The van der Waals surface area contributed by atoms with Crippen molar-refractivity contribution in [3.63, 3.8) is 0 Å². The monoisotopic (exact) mass is 287 g/mol. The van der Waals surface area contributed by atoms with Crippen LogP contribution in [0.4, 0.5) is 0 Å². The minimum absolute atomic E-state index is 0.000553. The van der Waals surface area contributed by atoms with E-state index in [-0.39, 0.29) is 30.3 Å². The molecule has 1 heterocycles. The van der Waals surface area contributed by atoms with Gasteiger partial charge < -0.3 is 14.4 Å². The van der Waals surface area contributed by atoms with Crippen LogP contribution < -0.4 is 0 Å². The second-order valence-electron chi connectivity index (χ2n) is 6.42. The Bertz CT molecular complexity index is 593. The first-order chi connectivity index (χ1) is 9.90. The number of amides is 1. The fraction of sp³-hybridized carbons (Fsp3) is 0.529. The minimum Gasteiger partial charge on any atom is -0.350 e. The molecule has 1 aromatic rings. The van der Waals surface area contributed by atoms with Crippen LogP contribution in [0.15, 0.2) is 24.3 Å². The van der Waals surface area contributed by atoms with Gasteiger partial charge in [-0.15, -0.1) is 0 Å². The molecule has 1 aliphatic heterocycles. The zero-order valence-corrected chi connectivity index (χ0v) is 12.8. The van der Waals surface area contributed by atoms with E-state index in [9.17, 15) is 9.59 Å². The maximum Gasteiger partial charge on any atom is 0.225 e. The van der Waals surface area contributed by atoms with Crippen molar-refractivity contribution >= 4 is 11.7 Å². The molecule has 4 heteroatoms. The third kappa shape index (κ3) is 2.38. The summed E-state index contributed by atoms with van der Waals surface area (Å²) in [6.07, 6.45) is 1.43. The summed E-state index contributed by atoms with van der Waals surface area (Å²) in [5.74, 6) is 0.0454. The van der Waals surface area contributed by atoms with Gasteiger partial charge in [0.1, 0.15) is 11.5 Å². The summed E-state index contributed by atoms with van der Waals surface area (Å²) in [6.45, 7) is 5.38. The number of carbonyl (C=O) groups is 2. The zero-order valence-electron chi connectivity index (χ0n) is 12.8. The van der Waals surface area contributed by atoms with Crippen LogP contribution in [0.3, 0.4) is 0 Å². The molecule has 3 rings (SSSR count). The highest BCUT2D eigenvalue weighted by Gasteiger charge is 2.53. The van der Waals surface area contributed by atoms with Crippen molar-refractivity contribution in [2.45, 2.75) is 57.9 Å². The van der Waals surface area contributed by atoms with Crippen molar-refractivity contribution in [2.75, 3.05) is 0 Å². The van der Waals surface area contributed by atoms with Crippen LogP contribution in [-0.2, 0) is 20.7 Å². The fourth-order valence-corrected chi connectivity index (χ4v) is 3.57. The zero-order chi connectivity index (χ0) is 15.2. The van der Waals surface area contributed by atoms with E-state index >= 15 is 0 Å². The maximum absolute atomic E-state index is 12.6. The molecule has 0 bridgehead atoms. The third-order valence-electron chi connectivity index (χ3n) is 4.40. The van der Waals surface area contributed by atoms with Crippen LogP contribution >= 0.6 is 0 Å².